The second-order valence-electron chi connectivity index (χ2n) is 7.25. The molecule has 4 rings (SSSR count). The fourth-order valence-corrected chi connectivity index (χ4v) is 5.26. The summed E-state index contributed by atoms with van der Waals surface area (Å²) in [5.74, 6) is -1.74. The number of amides is 1. The van der Waals surface area contributed by atoms with Gasteiger partial charge in [0.25, 0.3) is 5.91 Å². The minimum absolute atomic E-state index is 0.0685. The quantitative estimate of drug-likeness (QED) is 0.531. The summed E-state index contributed by atoms with van der Waals surface area (Å²) >= 11 is 0. The molecule has 0 unspecified atom stereocenters. The lowest BCUT2D eigenvalue weighted by Crippen LogP contribution is -2.35. The van der Waals surface area contributed by atoms with Gasteiger partial charge in [0.15, 0.2) is 4.91 Å². The molecule has 0 aliphatic carbocycles. The second kappa shape index (κ2) is 8.14. The Morgan fingerprint density at radius 2 is 1.84 bits per heavy atom. The van der Waals surface area contributed by atoms with Crippen LogP contribution in [0, 0.1) is 5.82 Å². The van der Waals surface area contributed by atoms with Crippen LogP contribution in [0.25, 0.3) is 0 Å². The number of benzene rings is 2. The van der Waals surface area contributed by atoms with Gasteiger partial charge in [0, 0.05) is 25.0 Å². The smallest absolute Gasteiger partial charge is 0.338 e. The maximum atomic E-state index is 14.1. The Morgan fingerprint density at radius 3 is 2.55 bits per heavy atom. The number of likely N-dealkylation sites (tertiary alicyclic amines) is 1. The molecule has 0 N–H and O–H groups in total. The predicted octanol–water partition coefficient (Wildman–Crippen LogP) is 3.39. The van der Waals surface area contributed by atoms with E-state index < -0.39 is 27.5 Å². The Morgan fingerprint density at radius 1 is 1.10 bits per heavy atom. The van der Waals surface area contributed by atoms with Crippen molar-refractivity contribution in [2.45, 2.75) is 24.7 Å². The van der Waals surface area contributed by atoms with Crippen molar-refractivity contribution >= 4 is 33.1 Å². The van der Waals surface area contributed by atoms with Crippen LogP contribution in [0.2, 0.25) is 0 Å². The van der Waals surface area contributed by atoms with Crippen LogP contribution in [0.3, 0.4) is 0 Å². The third kappa shape index (κ3) is 3.81. The van der Waals surface area contributed by atoms with Gasteiger partial charge in [-0.1, -0.05) is 6.07 Å². The molecule has 1 fully saturated rings. The fraction of sp³-hybridized carbons (Fsp3) is 0.273. The zero-order valence-electron chi connectivity index (χ0n) is 16.9. The molecule has 9 heteroatoms. The molecule has 0 bridgehead atoms. The molecule has 2 aromatic rings. The molecule has 2 aliphatic heterocycles. The zero-order valence-corrected chi connectivity index (χ0v) is 17.7. The van der Waals surface area contributed by atoms with Gasteiger partial charge >= 0.3 is 5.97 Å². The van der Waals surface area contributed by atoms with Gasteiger partial charge < -0.3 is 14.5 Å². The lowest BCUT2D eigenvalue weighted by atomic mass is 10.1. The Labute approximate surface area is 179 Å². The summed E-state index contributed by atoms with van der Waals surface area (Å²) in [4.78, 5) is 27.6. The van der Waals surface area contributed by atoms with Crippen molar-refractivity contribution < 1.29 is 27.1 Å². The number of ether oxygens (including phenoxy) is 1. The summed E-state index contributed by atoms with van der Waals surface area (Å²) < 4.78 is 45.5. The summed E-state index contributed by atoms with van der Waals surface area (Å²) in [6, 6.07) is 9.63. The first-order valence-electron chi connectivity index (χ1n) is 9.95. The molecule has 2 aromatic carbocycles. The maximum Gasteiger partial charge on any atom is 0.338 e. The number of rotatable bonds is 4. The van der Waals surface area contributed by atoms with E-state index in [1.54, 1.807) is 25.1 Å². The highest BCUT2D eigenvalue weighted by Gasteiger charge is 2.38. The number of hydrogen-bond acceptors (Lipinski definition) is 6. The van der Waals surface area contributed by atoms with Gasteiger partial charge in [-0.2, -0.15) is 0 Å². The highest BCUT2D eigenvalue weighted by molar-refractivity contribution is 7.96. The van der Waals surface area contributed by atoms with Crippen molar-refractivity contribution in [3.8, 4) is 0 Å². The van der Waals surface area contributed by atoms with Crippen LogP contribution in [0.5, 0.6) is 0 Å². The molecule has 0 saturated carbocycles. The fourth-order valence-electron chi connectivity index (χ4n) is 3.74. The van der Waals surface area contributed by atoms with Crippen LogP contribution in [0.4, 0.5) is 15.8 Å². The van der Waals surface area contributed by atoms with Crippen molar-refractivity contribution in [2.75, 3.05) is 24.6 Å². The number of fused-ring (bicyclic) bond motifs is 1. The first kappa shape index (κ1) is 21.0. The number of sulfone groups is 1. The van der Waals surface area contributed by atoms with E-state index in [0.717, 1.165) is 31.0 Å². The molecule has 2 heterocycles. The number of esters is 1. The zero-order chi connectivity index (χ0) is 22.2. The molecule has 2 aliphatic rings. The predicted molar refractivity (Wildman–Crippen MR) is 112 cm³/mol. The number of carbonyl (C=O) groups is 2. The highest BCUT2D eigenvalue weighted by Crippen LogP contribution is 2.40. The largest absolute Gasteiger partial charge is 0.462 e. The van der Waals surface area contributed by atoms with Gasteiger partial charge in [-0.3, -0.25) is 4.79 Å². The Kier molecular flexibility index (Phi) is 5.53. The summed E-state index contributed by atoms with van der Waals surface area (Å²) in [5, 5.41) is 0. The number of hydrogen-bond donors (Lipinski definition) is 0. The van der Waals surface area contributed by atoms with Gasteiger partial charge in [0.2, 0.25) is 9.84 Å². The van der Waals surface area contributed by atoms with Crippen molar-refractivity contribution in [2.24, 2.45) is 0 Å². The summed E-state index contributed by atoms with van der Waals surface area (Å²) in [6.07, 6.45) is 2.83. The van der Waals surface area contributed by atoms with Gasteiger partial charge in [0.05, 0.1) is 22.8 Å². The molecule has 31 heavy (non-hydrogen) atoms. The Balaban J connectivity index is 1.86. The standard InChI is InChI=1S/C22H21FN2O5S/c1-2-30-22(27)15-6-5-7-17(12-15)25-14-20(21(26)24-10-3-4-11-24)31(28,29)19-9-8-16(23)13-18(19)25/h5-9,12-14H,2-4,10-11H2,1H3. The lowest BCUT2D eigenvalue weighted by Gasteiger charge is -2.30. The van der Waals surface area contributed by atoms with Crippen molar-refractivity contribution in [3.05, 3.63) is 65.0 Å². The number of carbonyl (C=O) groups excluding carboxylic acids is 2. The van der Waals surface area contributed by atoms with E-state index in [0.29, 0.717) is 18.8 Å². The molecular formula is C22H21FN2O5S. The topological polar surface area (TPSA) is 84.0 Å². The van der Waals surface area contributed by atoms with Crippen LogP contribution in [-0.4, -0.2) is 44.9 Å². The van der Waals surface area contributed by atoms with Crippen molar-refractivity contribution in [1.29, 1.82) is 0 Å². The molecular weight excluding hydrogens is 423 g/mol. The van der Waals surface area contributed by atoms with E-state index in [1.165, 1.54) is 22.1 Å². The minimum atomic E-state index is -4.14. The van der Waals surface area contributed by atoms with Crippen LogP contribution in [0.15, 0.2) is 58.5 Å². The van der Waals surface area contributed by atoms with Crippen LogP contribution < -0.4 is 4.90 Å². The number of nitrogens with zero attached hydrogens (tertiary/aromatic N) is 2. The van der Waals surface area contributed by atoms with Gasteiger partial charge in [-0.25, -0.2) is 17.6 Å². The molecule has 1 saturated heterocycles. The van der Waals surface area contributed by atoms with E-state index in [-0.39, 0.29) is 27.7 Å². The van der Waals surface area contributed by atoms with Crippen LogP contribution >= 0.6 is 0 Å². The van der Waals surface area contributed by atoms with E-state index >= 15 is 0 Å². The third-order valence-corrected chi connectivity index (χ3v) is 7.03. The van der Waals surface area contributed by atoms with Gasteiger partial charge in [-0.15, -0.1) is 0 Å². The molecule has 0 radical (unpaired) electrons. The van der Waals surface area contributed by atoms with E-state index in [2.05, 4.69) is 0 Å². The molecule has 1 amide bonds. The van der Waals surface area contributed by atoms with Crippen molar-refractivity contribution in [1.82, 2.24) is 4.90 Å². The van der Waals surface area contributed by atoms with E-state index in [9.17, 15) is 22.4 Å². The summed E-state index contributed by atoms with van der Waals surface area (Å²) in [5.41, 5.74) is 0.726. The third-order valence-electron chi connectivity index (χ3n) is 5.25. The maximum absolute atomic E-state index is 14.1. The average molecular weight is 444 g/mol. The first-order chi connectivity index (χ1) is 14.8. The highest BCUT2D eigenvalue weighted by atomic mass is 32.2. The van der Waals surface area contributed by atoms with E-state index in [1.807, 2.05) is 0 Å². The van der Waals surface area contributed by atoms with Crippen LogP contribution in [-0.2, 0) is 19.4 Å². The SMILES string of the molecule is CCOC(=O)c1cccc(N2C=C(C(=O)N3CCCC3)S(=O)(=O)c3ccc(F)cc32)c1. The number of anilines is 2. The van der Waals surface area contributed by atoms with Crippen LogP contribution in [0.1, 0.15) is 30.1 Å². The number of halogens is 1. The normalized spacial score (nSPS) is 17.2. The van der Waals surface area contributed by atoms with E-state index in [4.69, 9.17) is 4.74 Å². The Bertz CT molecular complexity index is 1190. The van der Waals surface area contributed by atoms with Gasteiger partial charge in [0.1, 0.15) is 5.82 Å². The Hall–Kier alpha value is -3.20. The average Bonchev–Trinajstić information content (AvgIpc) is 3.28. The molecule has 162 valence electrons. The minimum Gasteiger partial charge on any atom is -0.462 e. The summed E-state index contributed by atoms with van der Waals surface area (Å²) in [6.45, 7) is 2.86. The summed E-state index contributed by atoms with van der Waals surface area (Å²) in [7, 11) is -4.14. The molecule has 0 aromatic heterocycles. The molecule has 0 atom stereocenters. The van der Waals surface area contributed by atoms with Gasteiger partial charge in [-0.05, 0) is 56.2 Å². The molecule has 7 nitrogen and oxygen atoms in total. The molecule has 0 spiro atoms. The van der Waals surface area contributed by atoms with Crippen molar-refractivity contribution in [3.63, 3.8) is 0 Å². The first-order valence-corrected chi connectivity index (χ1v) is 11.4. The second-order valence-corrected chi connectivity index (χ2v) is 9.14. The lowest BCUT2D eigenvalue weighted by molar-refractivity contribution is -0.125. The monoisotopic (exact) mass is 444 g/mol.